The van der Waals surface area contributed by atoms with Gasteiger partial charge in [0.2, 0.25) is 5.91 Å². The van der Waals surface area contributed by atoms with Crippen molar-refractivity contribution in [2.24, 2.45) is 0 Å². The van der Waals surface area contributed by atoms with Crippen molar-refractivity contribution in [3.63, 3.8) is 0 Å². The van der Waals surface area contributed by atoms with E-state index in [0.717, 1.165) is 4.90 Å². The molecule has 116 valence electrons. The Labute approximate surface area is 134 Å². The van der Waals surface area contributed by atoms with E-state index in [1.54, 1.807) is 13.0 Å². The first-order valence-electron chi connectivity index (χ1n) is 6.53. The predicted molar refractivity (Wildman–Crippen MR) is 79.4 cm³/mol. The van der Waals surface area contributed by atoms with Gasteiger partial charge in [0.05, 0.1) is 11.1 Å². The summed E-state index contributed by atoms with van der Waals surface area (Å²) in [7, 11) is 0. The topological polar surface area (TPSA) is 104 Å². The van der Waals surface area contributed by atoms with Crippen LogP contribution in [0.5, 0.6) is 0 Å². The maximum atomic E-state index is 12.2. The number of aliphatic carboxylic acids is 1. The van der Waals surface area contributed by atoms with Crippen molar-refractivity contribution >= 4 is 39.6 Å². The molecule has 0 bridgehead atoms. The number of fused-ring (bicyclic) bond motifs is 1. The molecule has 0 spiro atoms. The molecule has 0 fully saturated rings. The lowest BCUT2D eigenvalue weighted by molar-refractivity contribution is -0.141. The predicted octanol–water partition coefficient (Wildman–Crippen LogP) is 1.02. The quantitative estimate of drug-likeness (QED) is 0.755. The molecular formula is C14H13BrN2O5. The molecule has 1 atom stereocenters. The summed E-state index contributed by atoms with van der Waals surface area (Å²) in [5, 5.41) is 11.2. The Kier molecular flexibility index (Phi) is 4.60. The molecule has 1 heterocycles. The van der Waals surface area contributed by atoms with Crippen LogP contribution in [0, 0.1) is 0 Å². The first kappa shape index (κ1) is 16.2. The van der Waals surface area contributed by atoms with Gasteiger partial charge in [-0.15, -0.1) is 0 Å². The Morgan fingerprint density at radius 3 is 2.50 bits per heavy atom. The smallest absolute Gasteiger partial charge is 0.326 e. The van der Waals surface area contributed by atoms with Gasteiger partial charge in [-0.25, -0.2) is 4.79 Å². The number of hydrogen-bond acceptors (Lipinski definition) is 4. The van der Waals surface area contributed by atoms with Crippen LogP contribution in [-0.2, 0) is 9.59 Å². The van der Waals surface area contributed by atoms with E-state index in [2.05, 4.69) is 21.2 Å². The zero-order chi connectivity index (χ0) is 16.4. The Balaban J connectivity index is 2.12. The molecule has 1 aliphatic heterocycles. The Morgan fingerprint density at radius 1 is 1.27 bits per heavy atom. The van der Waals surface area contributed by atoms with Crippen molar-refractivity contribution in [3.8, 4) is 0 Å². The van der Waals surface area contributed by atoms with Gasteiger partial charge >= 0.3 is 5.97 Å². The second kappa shape index (κ2) is 6.27. The molecule has 22 heavy (non-hydrogen) atoms. The second-order valence-corrected chi connectivity index (χ2v) is 5.67. The number of rotatable bonds is 5. The van der Waals surface area contributed by atoms with Crippen LogP contribution in [0.25, 0.3) is 0 Å². The molecule has 1 aromatic carbocycles. The molecule has 0 radical (unpaired) electrons. The molecule has 0 saturated carbocycles. The number of nitrogens with zero attached hydrogens (tertiary/aromatic N) is 1. The van der Waals surface area contributed by atoms with Crippen LogP contribution < -0.4 is 5.32 Å². The van der Waals surface area contributed by atoms with E-state index in [0.29, 0.717) is 4.47 Å². The number of carboxylic acids is 1. The van der Waals surface area contributed by atoms with Crippen molar-refractivity contribution in [1.29, 1.82) is 0 Å². The summed E-state index contributed by atoms with van der Waals surface area (Å²) in [6.07, 6.45) is 0.205. The zero-order valence-electron chi connectivity index (χ0n) is 11.6. The van der Waals surface area contributed by atoms with E-state index in [-0.39, 0.29) is 17.5 Å². The summed E-state index contributed by atoms with van der Waals surface area (Å²) >= 11 is 3.21. The van der Waals surface area contributed by atoms with Gasteiger partial charge in [0.1, 0.15) is 12.6 Å². The zero-order valence-corrected chi connectivity index (χ0v) is 13.2. The van der Waals surface area contributed by atoms with E-state index in [1.165, 1.54) is 12.1 Å². The standard InChI is InChI=1S/C14H13BrN2O5/c1-2-10(14(21)22)16-11(18)6-17-12(19)8-4-3-7(15)5-9(8)13(17)20/h3-5,10H,2,6H2,1H3,(H,16,18)(H,21,22). The molecule has 0 aliphatic carbocycles. The highest BCUT2D eigenvalue weighted by molar-refractivity contribution is 9.10. The average Bonchev–Trinajstić information content (AvgIpc) is 2.69. The minimum atomic E-state index is -1.16. The van der Waals surface area contributed by atoms with Gasteiger partial charge in [-0.3, -0.25) is 19.3 Å². The van der Waals surface area contributed by atoms with E-state index in [9.17, 15) is 19.2 Å². The molecule has 7 nitrogen and oxygen atoms in total. The number of carbonyl (C=O) groups excluding carboxylic acids is 3. The van der Waals surface area contributed by atoms with E-state index in [4.69, 9.17) is 5.11 Å². The molecule has 0 aromatic heterocycles. The van der Waals surface area contributed by atoms with Gasteiger partial charge in [0.15, 0.2) is 0 Å². The molecule has 3 amide bonds. The first-order valence-corrected chi connectivity index (χ1v) is 7.32. The van der Waals surface area contributed by atoms with E-state index in [1.807, 2.05) is 0 Å². The lowest BCUT2D eigenvalue weighted by Gasteiger charge is -2.16. The fourth-order valence-electron chi connectivity index (χ4n) is 2.13. The van der Waals surface area contributed by atoms with Crippen LogP contribution in [0.3, 0.4) is 0 Å². The van der Waals surface area contributed by atoms with Gasteiger partial charge in [-0.2, -0.15) is 0 Å². The Hall–Kier alpha value is -2.22. The molecule has 2 N–H and O–H groups in total. The first-order chi connectivity index (χ1) is 10.3. The van der Waals surface area contributed by atoms with Crippen LogP contribution >= 0.6 is 15.9 Å². The maximum Gasteiger partial charge on any atom is 0.326 e. The SMILES string of the molecule is CCC(NC(=O)CN1C(=O)c2ccc(Br)cc2C1=O)C(=O)O. The third-order valence-electron chi connectivity index (χ3n) is 3.28. The molecule has 0 saturated heterocycles. The third kappa shape index (κ3) is 3.01. The van der Waals surface area contributed by atoms with Crippen molar-refractivity contribution in [3.05, 3.63) is 33.8 Å². The number of nitrogens with one attached hydrogen (secondary N) is 1. The summed E-state index contributed by atoms with van der Waals surface area (Å²) in [6, 6.07) is 3.60. The minimum absolute atomic E-state index is 0.205. The normalized spacial score (nSPS) is 14.7. The highest BCUT2D eigenvalue weighted by atomic mass is 79.9. The monoisotopic (exact) mass is 368 g/mol. The fraction of sp³-hybridized carbons (Fsp3) is 0.286. The molecule has 1 aliphatic rings. The van der Waals surface area contributed by atoms with Crippen LogP contribution in [0.4, 0.5) is 0 Å². The molecule has 2 rings (SSSR count). The van der Waals surface area contributed by atoms with Crippen LogP contribution in [0.1, 0.15) is 34.1 Å². The summed E-state index contributed by atoms with van der Waals surface area (Å²) in [5.41, 5.74) is 0.448. The van der Waals surface area contributed by atoms with Gasteiger partial charge < -0.3 is 10.4 Å². The number of carboxylic acid groups (broad SMARTS) is 1. The van der Waals surface area contributed by atoms with Crippen molar-refractivity contribution in [2.75, 3.05) is 6.54 Å². The maximum absolute atomic E-state index is 12.2. The molecule has 8 heteroatoms. The number of halogens is 1. The highest BCUT2D eigenvalue weighted by Gasteiger charge is 2.37. The van der Waals surface area contributed by atoms with Crippen LogP contribution in [0.15, 0.2) is 22.7 Å². The lowest BCUT2D eigenvalue weighted by Crippen LogP contribution is -2.46. The molecular weight excluding hydrogens is 356 g/mol. The Bertz CT molecular complexity index is 673. The minimum Gasteiger partial charge on any atom is -0.480 e. The van der Waals surface area contributed by atoms with Crippen molar-refractivity contribution in [2.45, 2.75) is 19.4 Å². The number of hydrogen-bond donors (Lipinski definition) is 2. The summed E-state index contributed by atoms with van der Waals surface area (Å²) in [5.74, 6) is -2.99. The summed E-state index contributed by atoms with van der Waals surface area (Å²) in [4.78, 5) is 47.8. The third-order valence-corrected chi connectivity index (χ3v) is 3.77. The van der Waals surface area contributed by atoms with Crippen LogP contribution in [-0.4, -0.2) is 46.3 Å². The number of carbonyl (C=O) groups is 4. The lowest BCUT2D eigenvalue weighted by atomic mass is 10.1. The molecule has 1 unspecified atom stereocenters. The number of amides is 3. The number of imide groups is 1. The van der Waals surface area contributed by atoms with Gasteiger partial charge in [-0.1, -0.05) is 22.9 Å². The summed E-state index contributed by atoms with van der Waals surface area (Å²) < 4.78 is 0.649. The summed E-state index contributed by atoms with van der Waals surface area (Å²) in [6.45, 7) is 1.10. The van der Waals surface area contributed by atoms with Gasteiger partial charge in [0, 0.05) is 4.47 Å². The average molecular weight is 369 g/mol. The van der Waals surface area contributed by atoms with Gasteiger partial charge in [0.25, 0.3) is 11.8 Å². The van der Waals surface area contributed by atoms with Crippen molar-refractivity contribution < 1.29 is 24.3 Å². The second-order valence-electron chi connectivity index (χ2n) is 4.75. The highest BCUT2D eigenvalue weighted by Crippen LogP contribution is 2.25. The van der Waals surface area contributed by atoms with E-state index >= 15 is 0 Å². The largest absolute Gasteiger partial charge is 0.480 e. The van der Waals surface area contributed by atoms with Crippen LogP contribution in [0.2, 0.25) is 0 Å². The fourth-order valence-corrected chi connectivity index (χ4v) is 2.49. The van der Waals surface area contributed by atoms with Gasteiger partial charge in [-0.05, 0) is 24.6 Å². The van der Waals surface area contributed by atoms with E-state index < -0.39 is 36.3 Å². The van der Waals surface area contributed by atoms with Crippen molar-refractivity contribution in [1.82, 2.24) is 10.2 Å². The number of benzene rings is 1. The molecule has 1 aromatic rings. The Morgan fingerprint density at radius 2 is 1.91 bits per heavy atom.